The fourth-order valence-corrected chi connectivity index (χ4v) is 2.85. The van der Waals surface area contributed by atoms with Gasteiger partial charge in [-0.3, -0.25) is 4.98 Å². The maximum Gasteiger partial charge on any atom is 0.0421 e. The third kappa shape index (κ3) is 3.77. The third-order valence-corrected chi connectivity index (χ3v) is 3.81. The fourth-order valence-electron chi connectivity index (χ4n) is 1.87. The molecular formula is C12H19N3S. The Morgan fingerprint density at radius 1 is 1.56 bits per heavy atom. The highest BCUT2D eigenvalue weighted by molar-refractivity contribution is 7.99. The van der Waals surface area contributed by atoms with E-state index in [-0.39, 0.29) is 0 Å². The van der Waals surface area contributed by atoms with Gasteiger partial charge in [-0.25, -0.2) is 0 Å². The summed E-state index contributed by atoms with van der Waals surface area (Å²) in [5.74, 6) is 2.35. The van der Waals surface area contributed by atoms with Crippen LogP contribution in [0.2, 0.25) is 0 Å². The molecule has 16 heavy (non-hydrogen) atoms. The van der Waals surface area contributed by atoms with Crippen LogP contribution in [0, 0.1) is 0 Å². The van der Waals surface area contributed by atoms with Gasteiger partial charge in [0.2, 0.25) is 0 Å². The molecule has 2 heterocycles. The number of hydrogen-bond donors (Lipinski definition) is 1. The summed E-state index contributed by atoms with van der Waals surface area (Å²) in [4.78, 5) is 6.72. The molecule has 1 aliphatic heterocycles. The van der Waals surface area contributed by atoms with E-state index in [1.165, 1.54) is 11.4 Å². The van der Waals surface area contributed by atoms with E-state index < -0.39 is 0 Å². The van der Waals surface area contributed by atoms with E-state index >= 15 is 0 Å². The molecule has 3 nitrogen and oxygen atoms in total. The standard InChI is InChI=1S/C12H19N3S/c1-15(8-12-9-16-10-14-12)7-5-11-4-2-3-6-13-11/h2-4,6,12,14H,5,7-10H2,1H3. The Balaban J connectivity index is 1.69. The highest BCUT2D eigenvalue weighted by atomic mass is 32.2. The molecule has 0 spiro atoms. The van der Waals surface area contributed by atoms with Gasteiger partial charge in [-0.1, -0.05) is 6.07 Å². The van der Waals surface area contributed by atoms with Crippen LogP contribution in [-0.2, 0) is 6.42 Å². The smallest absolute Gasteiger partial charge is 0.0421 e. The van der Waals surface area contributed by atoms with Gasteiger partial charge in [0.25, 0.3) is 0 Å². The summed E-state index contributed by atoms with van der Waals surface area (Å²) in [7, 11) is 2.19. The van der Waals surface area contributed by atoms with Crippen LogP contribution in [0.1, 0.15) is 5.69 Å². The summed E-state index contributed by atoms with van der Waals surface area (Å²) in [5.41, 5.74) is 1.18. The number of nitrogens with zero attached hydrogens (tertiary/aromatic N) is 2. The first-order chi connectivity index (χ1) is 7.84. The Kier molecular flexibility index (Phi) is 4.63. The van der Waals surface area contributed by atoms with Gasteiger partial charge in [0.15, 0.2) is 0 Å². The van der Waals surface area contributed by atoms with Crippen LogP contribution in [0.5, 0.6) is 0 Å². The lowest BCUT2D eigenvalue weighted by Crippen LogP contribution is -2.37. The molecule has 1 unspecified atom stereocenters. The molecule has 0 radical (unpaired) electrons. The van der Waals surface area contributed by atoms with Crippen LogP contribution in [0.15, 0.2) is 24.4 Å². The maximum atomic E-state index is 4.34. The van der Waals surface area contributed by atoms with E-state index in [2.05, 4.69) is 34.4 Å². The van der Waals surface area contributed by atoms with E-state index in [0.29, 0.717) is 6.04 Å². The number of hydrogen-bond acceptors (Lipinski definition) is 4. The lowest BCUT2D eigenvalue weighted by atomic mass is 10.2. The molecule has 1 aromatic heterocycles. The van der Waals surface area contributed by atoms with Crippen molar-refractivity contribution >= 4 is 11.8 Å². The monoisotopic (exact) mass is 237 g/mol. The second-order valence-corrected chi connectivity index (χ2v) is 5.28. The Morgan fingerprint density at radius 2 is 2.50 bits per heavy atom. The van der Waals surface area contributed by atoms with Gasteiger partial charge < -0.3 is 10.2 Å². The summed E-state index contributed by atoms with van der Waals surface area (Å²) < 4.78 is 0. The van der Waals surface area contributed by atoms with Gasteiger partial charge in [-0.05, 0) is 19.2 Å². The number of pyridine rings is 1. The minimum Gasteiger partial charge on any atom is -0.304 e. The van der Waals surface area contributed by atoms with Crippen LogP contribution in [-0.4, -0.2) is 47.7 Å². The van der Waals surface area contributed by atoms with E-state index in [4.69, 9.17) is 0 Å². The normalized spacial score (nSPS) is 20.5. The van der Waals surface area contributed by atoms with Crippen molar-refractivity contribution in [1.29, 1.82) is 0 Å². The number of likely N-dealkylation sites (N-methyl/N-ethyl adjacent to an activating group) is 1. The van der Waals surface area contributed by atoms with Gasteiger partial charge in [0.1, 0.15) is 0 Å². The topological polar surface area (TPSA) is 28.2 Å². The Hall–Kier alpha value is -0.580. The number of aromatic nitrogens is 1. The van der Waals surface area contributed by atoms with Crippen molar-refractivity contribution in [3.8, 4) is 0 Å². The SMILES string of the molecule is CN(CCc1ccccn1)CC1CSCN1. The molecule has 0 amide bonds. The zero-order chi connectivity index (χ0) is 11.2. The molecule has 1 aliphatic rings. The zero-order valence-electron chi connectivity index (χ0n) is 9.72. The number of nitrogens with one attached hydrogen (secondary N) is 1. The van der Waals surface area contributed by atoms with Crippen molar-refractivity contribution in [2.45, 2.75) is 12.5 Å². The van der Waals surface area contributed by atoms with Crippen molar-refractivity contribution < 1.29 is 0 Å². The average Bonchev–Trinajstić information content (AvgIpc) is 2.81. The lowest BCUT2D eigenvalue weighted by molar-refractivity contribution is 0.309. The van der Waals surface area contributed by atoms with Crippen molar-refractivity contribution in [2.75, 3.05) is 31.8 Å². The van der Waals surface area contributed by atoms with Crippen molar-refractivity contribution in [2.24, 2.45) is 0 Å². The molecule has 0 saturated carbocycles. The fraction of sp³-hybridized carbons (Fsp3) is 0.583. The second kappa shape index (κ2) is 6.23. The summed E-state index contributed by atoms with van der Waals surface area (Å²) in [5, 5.41) is 3.49. The highest BCUT2D eigenvalue weighted by Crippen LogP contribution is 2.10. The maximum absolute atomic E-state index is 4.34. The van der Waals surface area contributed by atoms with E-state index in [1.54, 1.807) is 0 Å². The third-order valence-electron chi connectivity index (χ3n) is 2.80. The first kappa shape index (κ1) is 11.9. The number of thioether (sulfide) groups is 1. The molecule has 4 heteroatoms. The Morgan fingerprint density at radius 3 is 3.19 bits per heavy atom. The van der Waals surface area contributed by atoms with E-state index in [9.17, 15) is 0 Å². The molecule has 1 fully saturated rings. The van der Waals surface area contributed by atoms with Gasteiger partial charge in [-0.2, -0.15) is 0 Å². The van der Waals surface area contributed by atoms with Crippen molar-refractivity contribution in [3.63, 3.8) is 0 Å². The van der Waals surface area contributed by atoms with Gasteiger partial charge in [-0.15, -0.1) is 11.8 Å². The predicted molar refractivity (Wildman–Crippen MR) is 69.7 cm³/mol. The quantitative estimate of drug-likeness (QED) is 0.833. The molecule has 1 atom stereocenters. The summed E-state index contributed by atoms with van der Waals surface area (Å²) in [6.45, 7) is 2.22. The van der Waals surface area contributed by atoms with Crippen molar-refractivity contribution in [3.05, 3.63) is 30.1 Å². The number of rotatable bonds is 5. The van der Waals surface area contributed by atoms with Crippen molar-refractivity contribution in [1.82, 2.24) is 15.2 Å². The molecule has 1 aromatic rings. The molecule has 88 valence electrons. The molecule has 0 aliphatic carbocycles. The molecule has 0 aromatic carbocycles. The minimum atomic E-state index is 0.665. The molecule has 0 bridgehead atoms. The van der Waals surface area contributed by atoms with Crippen LogP contribution in [0.25, 0.3) is 0 Å². The largest absolute Gasteiger partial charge is 0.304 e. The Bertz CT molecular complexity index is 298. The van der Waals surface area contributed by atoms with Crippen LogP contribution in [0.3, 0.4) is 0 Å². The minimum absolute atomic E-state index is 0.665. The first-order valence-corrected chi connectivity index (χ1v) is 6.89. The Labute approximate surface area is 102 Å². The highest BCUT2D eigenvalue weighted by Gasteiger charge is 2.15. The van der Waals surface area contributed by atoms with E-state index in [1.807, 2.05) is 24.0 Å². The lowest BCUT2D eigenvalue weighted by Gasteiger charge is -2.20. The van der Waals surface area contributed by atoms with Crippen LogP contribution < -0.4 is 5.32 Å². The summed E-state index contributed by atoms with van der Waals surface area (Å²) in [6, 6.07) is 6.78. The van der Waals surface area contributed by atoms with Crippen LogP contribution in [0.4, 0.5) is 0 Å². The molecule has 2 rings (SSSR count). The van der Waals surface area contributed by atoms with Crippen LogP contribution >= 0.6 is 11.8 Å². The van der Waals surface area contributed by atoms with Gasteiger partial charge in [0, 0.05) is 49.1 Å². The average molecular weight is 237 g/mol. The molecule has 1 N–H and O–H groups in total. The first-order valence-electron chi connectivity index (χ1n) is 5.74. The predicted octanol–water partition coefficient (Wildman–Crippen LogP) is 1.22. The van der Waals surface area contributed by atoms with E-state index in [0.717, 1.165) is 25.4 Å². The van der Waals surface area contributed by atoms with Gasteiger partial charge >= 0.3 is 0 Å². The molecular weight excluding hydrogens is 218 g/mol. The molecule has 1 saturated heterocycles. The summed E-state index contributed by atoms with van der Waals surface area (Å²) in [6.07, 6.45) is 2.90. The zero-order valence-corrected chi connectivity index (χ0v) is 10.5. The summed E-state index contributed by atoms with van der Waals surface area (Å²) >= 11 is 1.99. The second-order valence-electron chi connectivity index (χ2n) is 4.25. The van der Waals surface area contributed by atoms with Gasteiger partial charge in [0.05, 0.1) is 0 Å².